The number of aromatic nitrogens is 2. The summed E-state index contributed by atoms with van der Waals surface area (Å²) >= 11 is 0. The smallest absolute Gasteiger partial charge is 0.272 e. The van der Waals surface area contributed by atoms with E-state index in [2.05, 4.69) is 5.10 Å². The molecule has 1 rings (SSSR count). The number of nitrogens with zero attached hydrogens (tertiary/aromatic N) is 2. The van der Waals surface area contributed by atoms with Crippen molar-refractivity contribution in [3.05, 3.63) is 18.5 Å². The molecule has 0 atom stereocenters. The van der Waals surface area contributed by atoms with Crippen LogP contribution in [0, 0.1) is 0 Å². The predicted octanol–water partition coefficient (Wildman–Crippen LogP) is 1.84. The maximum atomic E-state index is 11.6. The van der Waals surface area contributed by atoms with Crippen molar-refractivity contribution < 1.29 is 13.2 Å². The fraction of sp³-hybridized carbons (Fsp3) is 0.500. The van der Waals surface area contributed by atoms with Crippen LogP contribution >= 0.6 is 0 Å². The first-order valence-electron chi connectivity index (χ1n) is 3.12. The number of alkyl halides is 3. The molecule has 0 aliphatic heterocycles. The molecule has 0 unspecified atom stereocenters. The number of hydrogen-bond donors (Lipinski definition) is 0. The summed E-state index contributed by atoms with van der Waals surface area (Å²) in [5.74, 6) is 0. The average molecular weight is 164 g/mol. The summed E-state index contributed by atoms with van der Waals surface area (Å²) in [4.78, 5) is 0. The monoisotopic (exact) mass is 164 g/mol. The molecule has 0 saturated carbocycles. The molecular weight excluding hydrogens is 157 g/mol. The Morgan fingerprint density at radius 1 is 1.36 bits per heavy atom. The van der Waals surface area contributed by atoms with Crippen molar-refractivity contribution in [3.8, 4) is 0 Å². The van der Waals surface area contributed by atoms with Gasteiger partial charge >= 0.3 is 6.18 Å². The van der Waals surface area contributed by atoms with Crippen molar-refractivity contribution in [1.82, 2.24) is 9.78 Å². The molecule has 0 fully saturated rings. The zero-order chi connectivity index (χ0) is 8.32. The second-order valence-electron chi connectivity index (χ2n) is 2.13. The zero-order valence-corrected chi connectivity index (χ0v) is 5.67. The Hall–Kier alpha value is -1.00. The van der Waals surface area contributed by atoms with Crippen molar-refractivity contribution in [2.75, 3.05) is 0 Å². The van der Waals surface area contributed by atoms with E-state index in [9.17, 15) is 13.2 Å². The third-order valence-electron chi connectivity index (χ3n) is 1.18. The van der Waals surface area contributed by atoms with E-state index in [0.29, 0.717) is 0 Å². The van der Waals surface area contributed by atoms with Crippen LogP contribution in [0.5, 0.6) is 0 Å². The fourth-order valence-electron chi connectivity index (χ4n) is 0.674. The second-order valence-corrected chi connectivity index (χ2v) is 2.13. The molecule has 0 saturated heterocycles. The minimum Gasteiger partial charge on any atom is -0.272 e. The van der Waals surface area contributed by atoms with Crippen molar-refractivity contribution in [2.45, 2.75) is 19.1 Å². The maximum absolute atomic E-state index is 11.6. The lowest BCUT2D eigenvalue weighted by Gasteiger charge is -2.04. The van der Waals surface area contributed by atoms with E-state index in [1.165, 1.54) is 17.1 Å². The van der Waals surface area contributed by atoms with Crippen LogP contribution in [0.15, 0.2) is 18.5 Å². The lowest BCUT2D eigenvalue weighted by atomic mass is 10.4. The van der Waals surface area contributed by atoms with Gasteiger partial charge in [0.25, 0.3) is 0 Å². The van der Waals surface area contributed by atoms with E-state index < -0.39 is 12.6 Å². The number of halogens is 3. The molecule has 0 amide bonds. The Morgan fingerprint density at radius 2 is 2.09 bits per heavy atom. The van der Waals surface area contributed by atoms with Crippen LogP contribution in [0.4, 0.5) is 13.2 Å². The summed E-state index contributed by atoms with van der Waals surface area (Å²) in [6, 6.07) is 1.59. The largest absolute Gasteiger partial charge is 0.390 e. The van der Waals surface area contributed by atoms with Gasteiger partial charge in [-0.25, -0.2) is 0 Å². The van der Waals surface area contributed by atoms with E-state index in [4.69, 9.17) is 0 Å². The topological polar surface area (TPSA) is 17.8 Å². The van der Waals surface area contributed by atoms with Gasteiger partial charge in [-0.3, -0.25) is 4.68 Å². The summed E-state index contributed by atoms with van der Waals surface area (Å²) in [7, 11) is 0. The molecule has 0 radical (unpaired) electrons. The third-order valence-corrected chi connectivity index (χ3v) is 1.18. The summed E-state index contributed by atoms with van der Waals surface area (Å²) in [6.07, 6.45) is -1.96. The first kappa shape index (κ1) is 8.10. The molecule has 0 aliphatic rings. The Balaban J connectivity index is 2.35. The van der Waals surface area contributed by atoms with E-state index in [1.807, 2.05) is 0 Å². The first-order valence-corrected chi connectivity index (χ1v) is 3.12. The Bertz CT molecular complexity index is 202. The highest BCUT2D eigenvalue weighted by Gasteiger charge is 2.26. The molecule has 0 bridgehead atoms. The fourth-order valence-corrected chi connectivity index (χ4v) is 0.674. The third kappa shape index (κ3) is 3.06. The van der Waals surface area contributed by atoms with Crippen LogP contribution in [0.2, 0.25) is 0 Å². The highest BCUT2D eigenvalue weighted by atomic mass is 19.4. The minimum absolute atomic E-state index is 0.101. The number of hydrogen-bond acceptors (Lipinski definition) is 1. The molecule has 1 heterocycles. The van der Waals surface area contributed by atoms with Crippen LogP contribution in [0.1, 0.15) is 6.42 Å². The van der Waals surface area contributed by atoms with E-state index in [0.717, 1.165) is 0 Å². The van der Waals surface area contributed by atoms with Crippen molar-refractivity contribution in [2.24, 2.45) is 0 Å². The first-order chi connectivity index (χ1) is 5.08. The summed E-state index contributed by atoms with van der Waals surface area (Å²) in [5.41, 5.74) is 0. The Morgan fingerprint density at radius 3 is 2.55 bits per heavy atom. The lowest BCUT2D eigenvalue weighted by molar-refractivity contribution is -0.137. The summed E-state index contributed by atoms with van der Waals surface area (Å²) in [6.45, 7) is -0.101. The van der Waals surface area contributed by atoms with Gasteiger partial charge in [-0.1, -0.05) is 0 Å². The van der Waals surface area contributed by atoms with Gasteiger partial charge in [0.05, 0.1) is 6.42 Å². The van der Waals surface area contributed by atoms with E-state index >= 15 is 0 Å². The van der Waals surface area contributed by atoms with Gasteiger partial charge in [0.1, 0.15) is 0 Å². The van der Waals surface area contributed by atoms with Gasteiger partial charge in [-0.2, -0.15) is 18.3 Å². The van der Waals surface area contributed by atoms with Crippen LogP contribution in [0.25, 0.3) is 0 Å². The maximum Gasteiger partial charge on any atom is 0.390 e. The molecule has 1 aromatic rings. The van der Waals surface area contributed by atoms with Crippen LogP contribution < -0.4 is 0 Å². The molecule has 0 aromatic carbocycles. The standard InChI is InChI=1S/C6H7F3N2/c7-6(8,9)2-5-11-4-1-3-10-11/h1,3-4H,2,5H2. The molecule has 0 spiro atoms. The molecule has 5 heteroatoms. The summed E-state index contributed by atoms with van der Waals surface area (Å²) < 4.78 is 36.1. The molecule has 0 aliphatic carbocycles. The second kappa shape index (κ2) is 2.94. The number of aryl methyl sites for hydroxylation is 1. The lowest BCUT2D eigenvalue weighted by Crippen LogP contribution is -2.12. The van der Waals surface area contributed by atoms with Gasteiger partial charge in [-0.05, 0) is 6.07 Å². The molecular formula is C6H7F3N2. The average Bonchev–Trinajstić information content (AvgIpc) is 2.32. The van der Waals surface area contributed by atoms with Crippen molar-refractivity contribution in [1.29, 1.82) is 0 Å². The van der Waals surface area contributed by atoms with Gasteiger partial charge in [-0.15, -0.1) is 0 Å². The van der Waals surface area contributed by atoms with E-state index in [-0.39, 0.29) is 6.54 Å². The SMILES string of the molecule is FC(F)(F)CCn1cccn1. The van der Waals surface area contributed by atoms with E-state index in [1.54, 1.807) is 6.07 Å². The highest BCUT2D eigenvalue weighted by molar-refractivity contribution is 4.77. The van der Waals surface area contributed by atoms with Gasteiger partial charge in [0.15, 0.2) is 0 Å². The Labute approximate surface area is 61.6 Å². The zero-order valence-electron chi connectivity index (χ0n) is 5.67. The van der Waals surface area contributed by atoms with Crippen LogP contribution in [0.3, 0.4) is 0 Å². The Kier molecular flexibility index (Phi) is 2.16. The molecule has 0 N–H and O–H groups in total. The molecule has 1 aromatic heterocycles. The highest BCUT2D eigenvalue weighted by Crippen LogP contribution is 2.19. The van der Waals surface area contributed by atoms with Crippen LogP contribution in [-0.2, 0) is 6.54 Å². The normalized spacial score (nSPS) is 11.9. The van der Waals surface area contributed by atoms with Crippen LogP contribution in [-0.4, -0.2) is 16.0 Å². The molecule has 62 valence electrons. The molecule has 11 heavy (non-hydrogen) atoms. The summed E-state index contributed by atoms with van der Waals surface area (Å²) in [5, 5.41) is 3.64. The minimum atomic E-state index is -4.09. The van der Waals surface area contributed by atoms with Crippen molar-refractivity contribution in [3.63, 3.8) is 0 Å². The molecule has 2 nitrogen and oxygen atoms in total. The van der Waals surface area contributed by atoms with Gasteiger partial charge in [0.2, 0.25) is 0 Å². The quantitative estimate of drug-likeness (QED) is 0.652. The van der Waals surface area contributed by atoms with Crippen molar-refractivity contribution >= 4 is 0 Å². The predicted molar refractivity (Wildman–Crippen MR) is 32.9 cm³/mol. The van der Waals surface area contributed by atoms with Gasteiger partial charge in [0, 0.05) is 18.9 Å². The van der Waals surface area contributed by atoms with Gasteiger partial charge < -0.3 is 0 Å². The number of rotatable bonds is 2.